The summed E-state index contributed by atoms with van der Waals surface area (Å²) >= 11 is 0. The minimum absolute atomic E-state index is 0.119. The van der Waals surface area contributed by atoms with E-state index in [0.29, 0.717) is 13.1 Å². The highest BCUT2D eigenvalue weighted by Gasteiger charge is 2.37. The van der Waals surface area contributed by atoms with Crippen molar-refractivity contribution in [2.24, 2.45) is 5.92 Å². The van der Waals surface area contributed by atoms with Crippen molar-refractivity contribution in [1.82, 2.24) is 9.80 Å². The standard InChI is InChI=1S/C18H23N3O3/c1-13-4-3-5-15(10-13)19-6-8-20(9-7-19)17(23)12-21-16(22)11-14(2)18(21)24/h3-5,10,14H,6-9,11-12H2,1-2H3. The van der Waals surface area contributed by atoms with Gasteiger partial charge in [-0.3, -0.25) is 19.3 Å². The first-order chi connectivity index (χ1) is 11.5. The molecule has 2 aliphatic heterocycles. The Labute approximate surface area is 142 Å². The Balaban J connectivity index is 1.56. The van der Waals surface area contributed by atoms with Crippen molar-refractivity contribution in [3.63, 3.8) is 0 Å². The van der Waals surface area contributed by atoms with E-state index in [9.17, 15) is 14.4 Å². The summed E-state index contributed by atoms with van der Waals surface area (Å²) in [5, 5.41) is 0. The number of nitrogens with zero attached hydrogens (tertiary/aromatic N) is 3. The molecule has 0 N–H and O–H groups in total. The second kappa shape index (κ2) is 6.63. The van der Waals surface area contributed by atoms with E-state index in [1.807, 2.05) is 6.07 Å². The Morgan fingerprint density at radius 1 is 1.17 bits per heavy atom. The quantitative estimate of drug-likeness (QED) is 0.778. The van der Waals surface area contributed by atoms with E-state index in [0.717, 1.165) is 18.0 Å². The van der Waals surface area contributed by atoms with Gasteiger partial charge in [-0.1, -0.05) is 19.1 Å². The van der Waals surface area contributed by atoms with Gasteiger partial charge in [0.15, 0.2) is 0 Å². The highest BCUT2D eigenvalue weighted by atomic mass is 16.2. The zero-order valence-corrected chi connectivity index (χ0v) is 14.2. The molecule has 0 bridgehead atoms. The van der Waals surface area contributed by atoms with E-state index in [-0.39, 0.29) is 36.6 Å². The fourth-order valence-corrected chi connectivity index (χ4v) is 3.29. The number of hydrogen-bond donors (Lipinski definition) is 0. The third-order valence-electron chi connectivity index (χ3n) is 4.76. The van der Waals surface area contributed by atoms with Crippen molar-refractivity contribution in [2.45, 2.75) is 20.3 Å². The summed E-state index contributed by atoms with van der Waals surface area (Å²) in [6.07, 6.45) is 0.216. The monoisotopic (exact) mass is 329 g/mol. The number of likely N-dealkylation sites (tertiary alicyclic amines) is 1. The van der Waals surface area contributed by atoms with Gasteiger partial charge in [0.2, 0.25) is 17.7 Å². The number of carbonyl (C=O) groups is 3. The van der Waals surface area contributed by atoms with Crippen molar-refractivity contribution in [2.75, 3.05) is 37.6 Å². The normalized spacial score (nSPS) is 21.6. The van der Waals surface area contributed by atoms with E-state index in [2.05, 4.69) is 30.0 Å². The lowest BCUT2D eigenvalue weighted by Crippen LogP contribution is -2.52. The van der Waals surface area contributed by atoms with Crippen molar-refractivity contribution in [1.29, 1.82) is 0 Å². The molecule has 1 aromatic carbocycles. The Kier molecular flexibility index (Phi) is 4.55. The third kappa shape index (κ3) is 3.27. The summed E-state index contributed by atoms with van der Waals surface area (Å²) in [5.41, 5.74) is 2.38. The maximum Gasteiger partial charge on any atom is 0.242 e. The van der Waals surface area contributed by atoms with Gasteiger partial charge in [-0.2, -0.15) is 0 Å². The lowest BCUT2D eigenvalue weighted by molar-refractivity contribution is -0.146. The maximum absolute atomic E-state index is 12.4. The number of anilines is 1. The molecule has 0 aromatic heterocycles. The van der Waals surface area contributed by atoms with Gasteiger partial charge < -0.3 is 9.80 Å². The molecule has 0 radical (unpaired) electrons. The van der Waals surface area contributed by atoms with Gasteiger partial charge in [-0.25, -0.2) is 0 Å². The number of rotatable bonds is 3. The van der Waals surface area contributed by atoms with Crippen LogP contribution in [0, 0.1) is 12.8 Å². The molecule has 0 saturated carbocycles. The van der Waals surface area contributed by atoms with Crippen LogP contribution in [-0.4, -0.2) is 60.2 Å². The molecule has 128 valence electrons. The largest absolute Gasteiger partial charge is 0.368 e. The number of benzene rings is 1. The topological polar surface area (TPSA) is 60.9 Å². The van der Waals surface area contributed by atoms with Gasteiger partial charge in [0.05, 0.1) is 0 Å². The van der Waals surface area contributed by atoms with Crippen molar-refractivity contribution >= 4 is 23.4 Å². The van der Waals surface area contributed by atoms with Crippen LogP contribution in [0.5, 0.6) is 0 Å². The Morgan fingerprint density at radius 3 is 2.46 bits per heavy atom. The zero-order chi connectivity index (χ0) is 17.3. The minimum atomic E-state index is -0.302. The molecular weight excluding hydrogens is 306 g/mol. The molecule has 2 fully saturated rings. The van der Waals surface area contributed by atoms with Crippen LogP contribution in [-0.2, 0) is 14.4 Å². The molecule has 3 rings (SSSR count). The summed E-state index contributed by atoms with van der Waals surface area (Å²) < 4.78 is 0. The Morgan fingerprint density at radius 2 is 1.88 bits per heavy atom. The van der Waals surface area contributed by atoms with Gasteiger partial charge in [0.1, 0.15) is 6.54 Å². The lowest BCUT2D eigenvalue weighted by atomic mass is 10.1. The van der Waals surface area contributed by atoms with E-state index >= 15 is 0 Å². The molecule has 24 heavy (non-hydrogen) atoms. The van der Waals surface area contributed by atoms with E-state index in [4.69, 9.17) is 0 Å². The summed E-state index contributed by atoms with van der Waals surface area (Å²) in [6.45, 7) is 6.41. The summed E-state index contributed by atoms with van der Waals surface area (Å²) in [7, 11) is 0. The smallest absolute Gasteiger partial charge is 0.242 e. The Hall–Kier alpha value is -2.37. The molecule has 0 spiro atoms. The summed E-state index contributed by atoms with van der Waals surface area (Å²) in [5.74, 6) is -0.913. The van der Waals surface area contributed by atoms with Crippen LogP contribution in [0.25, 0.3) is 0 Å². The van der Waals surface area contributed by atoms with Gasteiger partial charge in [-0.15, -0.1) is 0 Å². The molecule has 2 saturated heterocycles. The highest BCUT2D eigenvalue weighted by molar-refractivity contribution is 6.05. The highest BCUT2D eigenvalue weighted by Crippen LogP contribution is 2.20. The van der Waals surface area contributed by atoms with Gasteiger partial charge in [0.25, 0.3) is 0 Å². The van der Waals surface area contributed by atoms with E-state index < -0.39 is 0 Å². The van der Waals surface area contributed by atoms with Crippen LogP contribution in [0.4, 0.5) is 5.69 Å². The zero-order valence-electron chi connectivity index (χ0n) is 14.2. The van der Waals surface area contributed by atoms with Gasteiger partial charge >= 0.3 is 0 Å². The van der Waals surface area contributed by atoms with Crippen LogP contribution < -0.4 is 4.90 Å². The van der Waals surface area contributed by atoms with Crippen LogP contribution in [0.2, 0.25) is 0 Å². The number of carbonyl (C=O) groups excluding carboxylic acids is 3. The van der Waals surface area contributed by atoms with E-state index in [1.54, 1.807) is 11.8 Å². The molecule has 6 nitrogen and oxygen atoms in total. The number of piperazine rings is 1. The predicted molar refractivity (Wildman–Crippen MR) is 90.5 cm³/mol. The molecule has 3 amide bonds. The Bertz CT molecular complexity index is 665. The van der Waals surface area contributed by atoms with Crippen molar-refractivity contribution < 1.29 is 14.4 Å². The van der Waals surface area contributed by atoms with Gasteiger partial charge in [0, 0.05) is 44.2 Å². The molecule has 1 atom stereocenters. The average molecular weight is 329 g/mol. The number of hydrogen-bond acceptors (Lipinski definition) is 4. The summed E-state index contributed by atoms with van der Waals surface area (Å²) in [4.78, 5) is 41.3. The molecule has 0 aliphatic carbocycles. The molecule has 2 aliphatic rings. The fraction of sp³-hybridized carbons (Fsp3) is 0.500. The number of amides is 3. The third-order valence-corrected chi connectivity index (χ3v) is 4.76. The SMILES string of the molecule is Cc1cccc(N2CCN(C(=O)CN3C(=O)CC(C)C3=O)CC2)c1. The first kappa shape index (κ1) is 16.5. The molecular formula is C18H23N3O3. The first-order valence-corrected chi connectivity index (χ1v) is 8.39. The van der Waals surface area contributed by atoms with Gasteiger partial charge in [-0.05, 0) is 24.6 Å². The predicted octanol–water partition coefficient (Wildman–Crippen LogP) is 1.04. The van der Waals surface area contributed by atoms with E-state index in [1.165, 1.54) is 11.3 Å². The second-order valence-corrected chi connectivity index (χ2v) is 6.63. The van der Waals surface area contributed by atoms with Crippen LogP contribution in [0.1, 0.15) is 18.9 Å². The summed E-state index contributed by atoms with van der Waals surface area (Å²) in [6, 6.07) is 8.32. The number of aryl methyl sites for hydroxylation is 1. The average Bonchev–Trinajstić information content (AvgIpc) is 2.81. The fourth-order valence-electron chi connectivity index (χ4n) is 3.29. The van der Waals surface area contributed by atoms with Crippen LogP contribution >= 0.6 is 0 Å². The number of imide groups is 1. The first-order valence-electron chi connectivity index (χ1n) is 8.39. The molecule has 6 heteroatoms. The van der Waals surface area contributed by atoms with Crippen molar-refractivity contribution in [3.05, 3.63) is 29.8 Å². The van der Waals surface area contributed by atoms with Crippen molar-refractivity contribution in [3.8, 4) is 0 Å². The van der Waals surface area contributed by atoms with Crippen LogP contribution in [0.3, 0.4) is 0 Å². The second-order valence-electron chi connectivity index (χ2n) is 6.63. The maximum atomic E-state index is 12.4. The molecule has 1 aromatic rings. The molecule has 1 unspecified atom stereocenters. The van der Waals surface area contributed by atoms with Crippen LogP contribution in [0.15, 0.2) is 24.3 Å². The lowest BCUT2D eigenvalue weighted by Gasteiger charge is -2.36. The molecule has 2 heterocycles. The minimum Gasteiger partial charge on any atom is -0.368 e.